The summed E-state index contributed by atoms with van der Waals surface area (Å²) in [6.07, 6.45) is 5.47. The number of anilines is 2. The molecule has 0 bridgehead atoms. The number of rotatable bonds is 4. The molecule has 1 fully saturated rings. The highest BCUT2D eigenvalue weighted by Gasteiger charge is 2.24. The van der Waals surface area contributed by atoms with Crippen molar-refractivity contribution in [3.8, 4) is 0 Å². The number of nitrogens with one attached hydrogen (secondary N) is 1. The van der Waals surface area contributed by atoms with Gasteiger partial charge in [-0.2, -0.15) is 11.8 Å². The molecule has 17 heavy (non-hydrogen) atoms. The number of thioether (sulfide) groups is 1. The molecule has 0 aliphatic heterocycles. The lowest BCUT2D eigenvalue weighted by Crippen LogP contribution is -2.17. The van der Waals surface area contributed by atoms with E-state index in [-0.39, 0.29) is 0 Å². The first kappa shape index (κ1) is 13.0. The minimum Gasteiger partial charge on any atom is -0.397 e. The van der Waals surface area contributed by atoms with Crippen LogP contribution in [0.2, 0.25) is 0 Å². The van der Waals surface area contributed by atoms with Crippen LogP contribution in [0, 0.1) is 0 Å². The second-order valence-corrected chi connectivity index (χ2v) is 6.76. The van der Waals surface area contributed by atoms with E-state index in [9.17, 15) is 0 Å². The fourth-order valence-corrected chi connectivity index (χ4v) is 3.83. The summed E-state index contributed by atoms with van der Waals surface area (Å²) in [5.41, 5.74) is 6.36. The largest absolute Gasteiger partial charge is 0.397 e. The first-order valence-corrected chi connectivity index (χ1v) is 7.82. The lowest BCUT2D eigenvalue weighted by molar-refractivity contribution is 0.751. The molecule has 2 unspecified atom stereocenters. The van der Waals surface area contributed by atoms with E-state index in [1.165, 1.54) is 25.0 Å². The minimum atomic E-state index is 0.548. The Kier molecular flexibility index (Phi) is 4.56. The summed E-state index contributed by atoms with van der Waals surface area (Å²) in [7, 11) is 0. The molecule has 94 valence electrons. The first-order chi connectivity index (χ1) is 8.19. The number of halogens is 1. The molecule has 0 spiro atoms. The lowest BCUT2D eigenvalue weighted by Gasteiger charge is -2.15. The molecule has 1 aliphatic rings. The zero-order chi connectivity index (χ0) is 12.3. The molecule has 1 aromatic rings. The molecular formula is C12H18BrN3S. The molecule has 1 heterocycles. The van der Waals surface area contributed by atoms with Crippen LogP contribution in [0.3, 0.4) is 0 Å². The van der Waals surface area contributed by atoms with Gasteiger partial charge >= 0.3 is 0 Å². The third kappa shape index (κ3) is 3.52. The van der Waals surface area contributed by atoms with Gasteiger partial charge in [0.15, 0.2) is 0 Å². The Bertz CT molecular complexity index is 386. The Morgan fingerprint density at radius 3 is 3.12 bits per heavy atom. The van der Waals surface area contributed by atoms with Gasteiger partial charge in [-0.25, -0.2) is 4.98 Å². The van der Waals surface area contributed by atoms with E-state index in [1.54, 1.807) is 6.20 Å². The molecule has 0 radical (unpaired) electrons. The van der Waals surface area contributed by atoms with Crippen LogP contribution in [0.4, 0.5) is 11.5 Å². The molecule has 0 aromatic carbocycles. The van der Waals surface area contributed by atoms with Crippen LogP contribution in [0.25, 0.3) is 0 Å². The van der Waals surface area contributed by atoms with Crippen molar-refractivity contribution in [3.05, 3.63) is 16.7 Å². The summed E-state index contributed by atoms with van der Waals surface area (Å²) in [4.78, 5) is 4.32. The van der Waals surface area contributed by atoms with E-state index in [2.05, 4.69) is 44.9 Å². The standard InChI is InChI=1S/C12H18BrN3S/c1-2-17-10-4-3-9(6-10)16-12-11(13)5-8(14)7-15-12/h5,7,9-10H,2-4,6,14H2,1H3,(H,15,16). The average Bonchev–Trinajstić information content (AvgIpc) is 2.71. The van der Waals surface area contributed by atoms with E-state index < -0.39 is 0 Å². The minimum absolute atomic E-state index is 0.548. The van der Waals surface area contributed by atoms with Crippen LogP contribution in [0.15, 0.2) is 16.7 Å². The average molecular weight is 316 g/mol. The first-order valence-electron chi connectivity index (χ1n) is 5.98. The number of aromatic nitrogens is 1. The number of nitrogen functional groups attached to an aromatic ring is 1. The third-order valence-electron chi connectivity index (χ3n) is 2.99. The van der Waals surface area contributed by atoms with Crippen molar-refractivity contribution in [2.24, 2.45) is 0 Å². The predicted molar refractivity (Wildman–Crippen MR) is 79.5 cm³/mol. The van der Waals surface area contributed by atoms with Crippen LogP contribution in [0.5, 0.6) is 0 Å². The van der Waals surface area contributed by atoms with Gasteiger partial charge in [0.25, 0.3) is 0 Å². The zero-order valence-electron chi connectivity index (χ0n) is 9.95. The maximum Gasteiger partial charge on any atom is 0.140 e. The third-order valence-corrected chi connectivity index (χ3v) is 4.83. The summed E-state index contributed by atoms with van der Waals surface area (Å²) < 4.78 is 0.948. The van der Waals surface area contributed by atoms with Gasteiger partial charge in [0.2, 0.25) is 0 Å². The zero-order valence-corrected chi connectivity index (χ0v) is 12.4. The topological polar surface area (TPSA) is 50.9 Å². The maximum atomic E-state index is 5.67. The second-order valence-electron chi connectivity index (χ2n) is 4.33. The van der Waals surface area contributed by atoms with Crippen LogP contribution < -0.4 is 11.1 Å². The number of pyridine rings is 1. The van der Waals surface area contributed by atoms with E-state index in [0.29, 0.717) is 11.7 Å². The van der Waals surface area contributed by atoms with Crippen molar-refractivity contribution in [2.75, 3.05) is 16.8 Å². The number of hydrogen-bond donors (Lipinski definition) is 2. The second kappa shape index (κ2) is 5.96. The van der Waals surface area contributed by atoms with Crippen LogP contribution >= 0.6 is 27.7 Å². The van der Waals surface area contributed by atoms with Gasteiger partial charge in [-0.05, 0) is 47.0 Å². The van der Waals surface area contributed by atoms with Crippen molar-refractivity contribution in [1.29, 1.82) is 0 Å². The van der Waals surface area contributed by atoms with Gasteiger partial charge in [-0.3, -0.25) is 0 Å². The van der Waals surface area contributed by atoms with Gasteiger partial charge in [0.05, 0.1) is 16.4 Å². The summed E-state index contributed by atoms with van der Waals surface area (Å²) >= 11 is 5.56. The van der Waals surface area contributed by atoms with Crippen molar-refractivity contribution in [3.63, 3.8) is 0 Å². The fraction of sp³-hybridized carbons (Fsp3) is 0.583. The van der Waals surface area contributed by atoms with Crippen molar-refractivity contribution < 1.29 is 0 Å². The quantitative estimate of drug-likeness (QED) is 0.892. The summed E-state index contributed by atoms with van der Waals surface area (Å²) in [6.45, 7) is 2.23. The number of nitrogens with zero attached hydrogens (tertiary/aromatic N) is 1. The van der Waals surface area contributed by atoms with Crippen LogP contribution in [-0.2, 0) is 0 Å². The van der Waals surface area contributed by atoms with E-state index in [4.69, 9.17) is 5.73 Å². The Labute approximate surface area is 115 Å². The lowest BCUT2D eigenvalue weighted by atomic mass is 10.2. The number of hydrogen-bond acceptors (Lipinski definition) is 4. The molecule has 3 N–H and O–H groups in total. The van der Waals surface area contributed by atoms with Crippen molar-refractivity contribution in [2.45, 2.75) is 37.5 Å². The highest BCUT2D eigenvalue weighted by molar-refractivity contribution is 9.10. The Morgan fingerprint density at radius 2 is 2.41 bits per heavy atom. The molecule has 0 saturated heterocycles. The van der Waals surface area contributed by atoms with E-state index in [0.717, 1.165) is 15.5 Å². The molecule has 2 atom stereocenters. The fourth-order valence-electron chi connectivity index (χ4n) is 2.21. The highest BCUT2D eigenvalue weighted by atomic mass is 79.9. The van der Waals surface area contributed by atoms with Crippen LogP contribution in [0.1, 0.15) is 26.2 Å². The SMILES string of the molecule is CCSC1CCC(Nc2ncc(N)cc2Br)C1. The molecule has 0 amide bonds. The Hall–Kier alpha value is -0.420. The van der Waals surface area contributed by atoms with Crippen LogP contribution in [-0.4, -0.2) is 22.0 Å². The molecule has 5 heteroatoms. The Balaban J connectivity index is 1.93. The van der Waals surface area contributed by atoms with E-state index in [1.807, 2.05) is 6.07 Å². The predicted octanol–water partition coefficient (Wildman–Crippen LogP) is 3.51. The molecule has 2 rings (SSSR count). The smallest absolute Gasteiger partial charge is 0.140 e. The van der Waals surface area contributed by atoms with Gasteiger partial charge in [0, 0.05) is 11.3 Å². The van der Waals surface area contributed by atoms with Gasteiger partial charge < -0.3 is 11.1 Å². The van der Waals surface area contributed by atoms with Crippen molar-refractivity contribution >= 4 is 39.2 Å². The monoisotopic (exact) mass is 315 g/mol. The maximum absolute atomic E-state index is 5.67. The van der Waals surface area contributed by atoms with Gasteiger partial charge in [-0.15, -0.1) is 0 Å². The summed E-state index contributed by atoms with van der Waals surface area (Å²) in [5.74, 6) is 2.12. The van der Waals surface area contributed by atoms with Gasteiger partial charge in [0.1, 0.15) is 5.82 Å². The normalized spacial score (nSPS) is 23.9. The van der Waals surface area contributed by atoms with E-state index >= 15 is 0 Å². The summed E-state index contributed by atoms with van der Waals surface area (Å²) in [6, 6.07) is 2.44. The molecule has 1 saturated carbocycles. The molecule has 3 nitrogen and oxygen atoms in total. The highest BCUT2D eigenvalue weighted by Crippen LogP contribution is 2.32. The molecule has 1 aliphatic carbocycles. The summed E-state index contributed by atoms with van der Waals surface area (Å²) in [5, 5.41) is 4.31. The van der Waals surface area contributed by atoms with Gasteiger partial charge in [-0.1, -0.05) is 6.92 Å². The van der Waals surface area contributed by atoms with Crippen molar-refractivity contribution in [1.82, 2.24) is 4.98 Å². The Morgan fingerprint density at radius 1 is 1.59 bits per heavy atom. The molecular weight excluding hydrogens is 298 g/mol. The number of nitrogens with two attached hydrogens (primary N) is 1. The molecule has 1 aromatic heterocycles.